The van der Waals surface area contributed by atoms with Crippen LogP contribution in [0.4, 0.5) is 5.82 Å². The summed E-state index contributed by atoms with van der Waals surface area (Å²) in [6.45, 7) is 1.33. The van der Waals surface area contributed by atoms with E-state index >= 15 is 0 Å². The molecule has 0 spiro atoms. The van der Waals surface area contributed by atoms with E-state index in [1.54, 1.807) is 12.4 Å². The van der Waals surface area contributed by atoms with Crippen molar-refractivity contribution in [1.82, 2.24) is 14.9 Å². The lowest BCUT2D eigenvalue weighted by atomic mass is 10.1. The van der Waals surface area contributed by atoms with Crippen LogP contribution < -0.4 is 9.64 Å². The third kappa shape index (κ3) is 3.64. The Morgan fingerprint density at radius 1 is 1.21 bits per heavy atom. The highest BCUT2D eigenvalue weighted by molar-refractivity contribution is 5.94. The molecule has 1 saturated heterocycles. The summed E-state index contributed by atoms with van der Waals surface area (Å²) in [5, 5.41) is 0. The average molecular weight is 326 g/mol. The fourth-order valence-corrected chi connectivity index (χ4v) is 2.85. The van der Waals surface area contributed by atoms with Crippen molar-refractivity contribution in [2.75, 3.05) is 32.1 Å². The van der Waals surface area contributed by atoms with Gasteiger partial charge in [0.1, 0.15) is 6.10 Å². The van der Waals surface area contributed by atoms with E-state index in [4.69, 9.17) is 4.74 Å². The van der Waals surface area contributed by atoms with Gasteiger partial charge < -0.3 is 14.5 Å². The second-order valence-corrected chi connectivity index (χ2v) is 6.08. The molecule has 126 valence electrons. The molecule has 2 aromatic rings. The van der Waals surface area contributed by atoms with Crippen LogP contribution in [0.5, 0.6) is 5.88 Å². The summed E-state index contributed by atoms with van der Waals surface area (Å²) >= 11 is 0. The zero-order chi connectivity index (χ0) is 16.9. The molecule has 6 nitrogen and oxygen atoms in total. The lowest BCUT2D eigenvalue weighted by Gasteiger charge is -2.33. The third-order valence-electron chi connectivity index (χ3n) is 4.03. The summed E-state index contributed by atoms with van der Waals surface area (Å²) in [6, 6.07) is 9.37. The highest BCUT2D eigenvalue weighted by atomic mass is 16.5. The summed E-state index contributed by atoms with van der Waals surface area (Å²) < 4.78 is 6.05. The number of piperidine rings is 1. The van der Waals surface area contributed by atoms with Gasteiger partial charge in [-0.05, 0) is 25.0 Å². The van der Waals surface area contributed by atoms with Crippen molar-refractivity contribution in [3.63, 3.8) is 0 Å². The Morgan fingerprint density at radius 2 is 1.96 bits per heavy atom. The fourth-order valence-electron chi connectivity index (χ4n) is 2.85. The molecule has 0 radical (unpaired) electrons. The highest BCUT2D eigenvalue weighted by Crippen LogP contribution is 2.24. The number of aromatic nitrogens is 2. The number of hydrogen-bond donors (Lipinski definition) is 0. The van der Waals surface area contributed by atoms with Crippen LogP contribution in [0.1, 0.15) is 23.2 Å². The number of carbonyl (C=O) groups is 1. The van der Waals surface area contributed by atoms with Gasteiger partial charge in [0.25, 0.3) is 11.8 Å². The summed E-state index contributed by atoms with van der Waals surface area (Å²) in [6.07, 6.45) is 5.02. The molecule has 1 aliphatic heterocycles. The maximum Gasteiger partial charge on any atom is 0.257 e. The first-order chi connectivity index (χ1) is 11.6. The first kappa shape index (κ1) is 16.2. The zero-order valence-corrected chi connectivity index (χ0v) is 14.1. The quantitative estimate of drug-likeness (QED) is 0.862. The van der Waals surface area contributed by atoms with Gasteiger partial charge in [0.15, 0.2) is 5.82 Å². The molecule has 0 unspecified atom stereocenters. The standard InChI is InChI=1S/C18H22N4O2/c1-21(2)16-17(20-11-10-19-16)24-15-9-6-12-22(13-15)18(23)14-7-4-3-5-8-14/h3-5,7-8,10-11,15H,6,9,12-13H2,1-2H3/t15-/m0/s1. The summed E-state index contributed by atoms with van der Waals surface area (Å²) in [5.74, 6) is 1.27. The Balaban J connectivity index is 1.69. The second kappa shape index (κ2) is 7.29. The lowest BCUT2D eigenvalue weighted by molar-refractivity contribution is 0.0528. The van der Waals surface area contributed by atoms with E-state index in [1.807, 2.05) is 54.2 Å². The molecule has 0 bridgehead atoms. The number of rotatable bonds is 4. The Morgan fingerprint density at radius 3 is 2.71 bits per heavy atom. The molecule has 0 N–H and O–H groups in total. The van der Waals surface area contributed by atoms with Gasteiger partial charge in [0.2, 0.25) is 0 Å². The maximum absolute atomic E-state index is 12.6. The minimum atomic E-state index is -0.0678. The number of hydrogen-bond acceptors (Lipinski definition) is 5. The number of benzene rings is 1. The van der Waals surface area contributed by atoms with E-state index < -0.39 is 0 Å². The molecule has 1 amide bonds. The SMILES string of the molecule is CN(C)c1nccnc1O[C@H]1CCCN(C(=O)c2ccccc2)C1. The van der Waals surface area contributed by atoms with E-state index in [0.29, 0.717) is 23.8 Å². The van der Waals surface area contributed by atoms with Crippen LogP contribution in [0.2, 0.25) is 0 Å². The largest absolute Gasteiger partial charge is 0.470 e. The van der Waals surface area contributed by atoms with Gasteiger partial charge >= 0.3 is 0 Å². The number of likely N-dealkylation sites (tertiary alicyclic amines) is 1. The van der Waals surface area contributed by atoms with Crippen LogP contribution in [0.25, 0.3) is 0 Å². The zero-order valence-electron chi connectivity index (χ0n) is 14.1. The van der Waals surface area contributed by atoms with Crippen LogP contribution >= 0.6 is 0 Å². The number of anilines is 1. The van der Waals surface area contributed by atoms with Crippen molar-refractivity contribution in [3.8, 4) is 5.88 Å². The maximum atomic E-state index is 12.6. The first-order valence-corrected chi connectivity index (χ1v) is 8.14. The molecule has 0 saturated carbocycles. The average Bonchev–Trinajstić information content (AvgIpc) is 2.62. The number of carbonyl (C=O) groups excluding carboxylic acids is 1. The summed E-state index contributed by atoms with van der Waals surface area (Å²) in [7, 11) is 3.81. The second-order valence-electron chi connectivity index (χ2n) is 6.08. The van der Waals surface area contributed by atoms with Crippen LogP contribution in [0.15, 0.2) is 42.7 Å². The van der Waals surface area contributed by atoms with E-state index in [0.717, 1.165) is 19.4 Å². The van der Waals surface area contributed by atoms with Gasteiger partial charge in [-0.1, -0.05) is 18.2 Å². The van der Waals surface area contributed by atoms with Gasteiger partial charge in [-0.3, -0.25) is 4.79 Å². The molecule has 1 aromatic carbocycles. The molecule has 0 aliphatic carbocycles. The molecule has 2 heterocycles. The van der Waals surface area contributed by atoms with Gasteiger partial charge in [0.05, 0.1) is 6.54 Å². The monoisotopic (exact) mass is 326 g/mol. The van der Waals surface area contributed by atoms with E-state index in [9.17, 15) is 4.79 Å². The molecule has 1 atom stereocenters. The number of nitrogens with zero attached hydrogens (tertiary/aromatic N) is 4. The predicted octanol–water partition coefficient (Wildman–Crippen LogP) is 2.23. The minimum Gasteiger partial charge on any atom is -0.470 e. The Labute approximate surface area is 142 Å². The summed E-state index contributed by atoms with van der Waals surface area (Å²) in [4.78, 5) is 24.9. The van der Waals surface area contributed by atoms with Gasteiger partial charge in [0, 0.05) is 38.6 Å². The van der Waals surface area contributed by atoms with Crippen LogP contribution in [0, 0.1) is 0 Å². The minimum absolute atomic E-state index is 0.0517. The molecule has 24 heavy (non-hydrogen) atoms. The summed E-state index contributed by atoms with van der Waals surface area (Å²) in [5.41, 5.74) is 0.714. The predicted molar refractivity (Wildman–Crippen MR) is 92.4 cm³/mol. The Bertz CT molecular complexity index is 690. The van der Waals surface area contributed by atoms with Crippen LogP contribution in [0.3, 0.4) is 0 Å². The van der Waals surface area contributed by atoms with Crippen molar-refractivity contribution < 1.29 is 9.53 Å². The van der Waals surface area contributed by atoms with Crippen molar-refractivity contribution in [2.45, 2.75) is 18.9 Å². The topological polar surface area (TPSA) is 58.6 Å². The molecular formula is C18H22N4O2. The normalized spacial score (nSPS) is 17.4. The highest BCUT2D eigenvalue weighted by Gasteiger charge is 2.26. The van der Waals surface area contributed by atoms with Gasteiger partial charge in [-0.25, -0.2) is 9.97 Å². The first-order valence-electron chi connectivity index (χ1n) is 8.14. The molecular weight excluding hydrogens is 304 g/mol. The molecule has 3 rings (SSSR count). The molecule has 1 fully saturated rings. The van der Waals surface area contributed by atoms with Crippen molar-refractivity contribution >= 4 is 11.7 Å². The fraction of sp³-hybridized carbons (Fsp3) is 0.389. The Hall–Kier alpha value is -2.63. The Kier molecular flexibility index (Phi) is 4.93. The van der Waals surface area contributed by atoms with Crippen molar-refractivity contribution in [1.29, 1.82) is 0 Å². The molecule has 1 aromatic heterocycles. The van der Waals surface area contributed by atoms with Gasteiger partial charge in [-0.2, -0.15) is 0 Å². The van der Waals surface area contributed by atoms with E-state index in [2.05, 4.69) is 9.97 Å². The lowest BCUT2D eigenvalue weighted by Crippen LogP contribution is -2.44. The van der Waals surface area contributed by atoms with Crippen molar-refractivity contribution in [3.05, 3.63) is 48.3 Å². The van der Waals surface area contributed by atoms with E-state index in [-0.39, 0.29) is 12.0 Å². The molecule has 1 aliphatic rings. The van der Waals surface area contributed by atoms with Crippen LogP contribution in [-0.2, 0) is 0 Å². The third-order valence-corrected chi connectivity index (χ3v) is 4.03. The van der Waals surface area contributed by atoms with Gasteiger partial charge in [-0.15, -0.1) is 0 Å². The van der Waals surface area contributed by atoms with Crippen molar-refractivity contribution in [2.24, 2.45) is 0 Å². The smallest absolute Gasteiger partial charge is 0.257 e. The van der Waals surface area contributed by atoms with E-state index in [1.165, 1.54) is 0 Å². The number of ether oxygens (including phenoxy) is 1. The molecule has 6 heteroatoms. The number of amides is 1. The van der Waals surface area contributed by atoms with Crippen LogP contribution in [-0.4, -0.2) is 54.1 Å².